The maximum Gasteiger partial charge on any atom is 0.226 e. The van der Waals surface area contributed by atoms with Crippen molar-refractivity contribution < 1.29 is 9.53 Å². The summed E-state index contributed by atoms with van der Waals surface area (Å²) in [7, 11) is 0. The van der Waals surface area contributed by atoms with Gasteiger partial charge in [-0.15, -0.1) is 0 Å². The number of piperazine rings is 1. The quantitative estimate of drug-likeness (QED) is 0.673. The fourth-order valence-corrected chi connectivity index (χ4v) is 3.53. The zero-order valence-corrected chi connectivity index (χ0v) is 16.1. The standard InChI is InChI=1S/C23H22N4O2/c24-17-19-16-18-6-4-5-9-21(18)25-23(19)27-13-11-26(12-14-27)22(28)10-15-29-20-7-2-1-3-8-20/h1-9,16H,10-15H2. The van der Waals surface area contributed by atoms with Gasteiger partial charge in [-0.25, -0.2) is 4.98 Å². The van der Waals surface area contributed by atoms with Crippen molar-refractivity contribution in [1.82, 2.24) is 9.88 Å². The molecular weight excluding hydrogens is 364 g/mol. The van der Waals surface area contributed by atoms with Crippen molar-refractivity contribution in [3.8, 4) is 11.8 Å². The Morgan fingerprint density at radius 2 is 1.76 bits per heavy atom. The fraction of sp³-hybridized carbons (Fsp3) is 0.261. The molecule has 29 heavy (non-hydrogen) atoms. The number of ether oxygens (including phenoxy) is 1. The molecule has 1 aromatic heterocycles. The van der Waals surface area contributed by atoms with Crippen LogP contribution in [-0.2, 0) is 4.79 Å². The maximum atomic E-state index is 12.5. The Morgan fingerprint density at radius 1 is 1.03 bits per heavy atom. The Labute approximate surface area is 169 Å². The van der Waals surface area contributed by atoms with Crippen LogP contribution in [0.3, 0.4) is 0 Å². The van der Waals surface area contributed by atoms with Gasteiger partial charge in [-0.1, -0.05) is 36.4 Å². The predicted octanol–water partition coefficient (Wildman–Crippen LogP) is 3.22. The topological polar surface area (TPSA) is 69.5 Å². The van der Waals surface area contributed by atoms with Gasteiger partial charge in [0.05, 0.1) is 24.1 Å². The van der Waals surface area contributed by atoms with Crippen LogP contribution in [0.15, 0.2) is 60.7 Å². The number of nitriles is 1. The van der Waals surface area contributed by atoms with Crippen LogP contribution >= 0.6 is 0 Å². The summed E-state index contributed by atoms with van der Waals surface area (Å²) in [4.78, 5) is 21.1. The number of anilines is 1. The van der Waals surface area contributed by atoms with Crippen LogP contribution in [0.4, 0.5) is 5.82 Å². The molecule has 0 bridgehead atoms. The molecule has 6 nitrogen and oxygen atoms in total. The lowest BCUT2D eigenvalue weighted by molar-refractivity contribution is -0.132. The zero-order valence-electron chi connectivity index (χ0n) is 16.1. The second-order valence-electron chi connectivity index (χ2n) is 6.94. The first kappa shape index (κ1) is 18.8. The second kappa shape index (κ2) is 8.61. The highest BCUT2D eigenvalue weighted by molar-refractivity contribution is 5.83. The molecule has 4 rings (SSSR count). The summed E-state index contributed by atoms with van der Waals surface area (Å²) < 4.78 is 5.63. The molecule has 0 radical (unpaired) electrons. The molecule has 1 amide bonds. The Kier molecular flexibility index (Phi) is 5.57. The lowest BCUT2D eigenvalue weighted by Gasteiger charge is -2.35. The van der Waals surface area contributed by atoms with E-state index in [9.17, 15) is 10.1 Å². The third-order valence-electron chi connectivity index (χ3n) is 5.08. The Bertz CT molecular complexity index is 1040. The maximum absolute atomic E-state index is 12.5. The molecule has 1 saturated heterocycles. The molecule has 0 unspecified atom stereocenters. The molecular formula is C23H22N4O2. The molecule has 146 valence electrons. The third-order valence-corrected chi connectivity index (χ3v) is 5.08. The third kappa shape index (κ3) is 4.30. The van der Waals surface area contributed by atoms with Crippen LogP contribution in [0.5, 0.6) is 5.75 Å². The lowest BCUT2D eigenvalue weighted by Crippen LogP contribution is -2.49. The van der Waals surface area contributed by atoms with Gasteiger partial charge in [0.1, 0.15) is 17.6 Å². The summed E-state index contributed by atoms with van der Waals surface area (Å²) in [5, 5.41) is 10.5. The van der Waals surface area contributed by atoms with Crippen molar-refractivity contribution in [3.63, 3.8) is 0 Å². The first-order valence-electron chi connectivity index (χ1n) is 9.75. The van der Waals surface area contributed by atoms with Crippen LogP contribution in [0.25, 0.3) is 10.9 Å². The molecule has 1 aliphatic rings. The minimum absolute atomic E-state index is 0.0903. The number of carbonyl (C=O) groups is 1. The van der Waals surface area contributed by atoms with Gasteiger partial charge in [-0.05, 0) is 24.3 Å². The van der Waals surface area contributed by atoms with E-state index in [1.807, 2.05) is 65.6 Å². The molecule has 1 fully saturated rings. The van der Waals surface area contributed by atoms with Gasteiger partial charge < -0.3 is 14.5 Å². The predicted molar refractivity (Wildman–Crippen MR) is 112 cm³/mol. The zero-order chi connectivity index (χ0) is 20.1. The number of rotatable bonds is 5. The minimum atomic E-state index is 0.0903. The van der Waals surface area contributed by atoms with Gasteiger partial charge in [0.15, 0.2) is 0 Å². The molecule has 0 N–H and O–H groups in total. The van der Waals surface area contributed by atoms with Gasteiger partial charge in [-0.2, -0.15) is 5.26 Å². The van der Waals surface area contributed by atoms with E-state index in [4.69, 9.17) is 9.72 Å². The van der Waals surface area contributed by atoms with E-state index in [0.29, 0.717) is 50.6 Å². The minimum Gasteiger partial charge on any atom is -0.493 e. The fourth-order valence-electron chi connectivity index (χ4n) is 3.53. The Balaban J connectivity index is 1.35. The summed E-state index contributed by atoms with van der Waals surface area (Å²) in [5.41, 5.74) is 1.44. The van der Waals surface area contributed by atoms with E-state index in [-0.39, 0.29) is 5.91 Å². The number of carbonyl (C=O) groups excluding carboxylic acids is 1. The van der Waals surface area contributed by atoms with Crippen LogP contribution in [0, 0.1) is 11.3 Å². The van der Waals surface area contributed by atoms with E-state index in [0.717, 1.165) is 16.7 Å². The normalized spacial score (nSPS) is 13.9. The second-order valence-corrected chi connectivity index (χ2v) is 6.94. The number of hydrogen-bond donors (Lipinski definition) is 0. The molecule has 2 aromatic carbocycles. The first-order valence-corrected chi connectivity index (χ1v) is 9.75. The van der Waals surface area contributed by atoms with Gasteiger partial charge in [-0.3, -0.25) is 4.79 Å². The van der Waals surface area contributed by atoms with Crippen LogP contribution < -0.4 is 9.64 Å². The summed E-state index contributed by atoms with van der Waals surface area (Å²) in [6, 6.07) is 21.5. The number of benzene rings is 2. The Hall–Kier alpha value is -3.59. The van der Waals surface area contributed by atoms with Crippen LogP contribution in [0.1, 0.15) is 12.0 Å². The van der Waals surface area contributed by atoms with Crippen molar-refractivity contribution in [3.05, 3.63) is 66.2 Å². The number of pyridine rings is 1. The SMILES string of the molecule is N#Cc1cc2ccccc2nc1N1CCN(C(=O)CCOc2ccccc2)CC1. The monoisotopic (exact) mass is 386 g/mol. The first-order chi connectivity index (χ1) is 14.2. The summed E-state index contributed by atoms with van der Waals surface area (Å²) in [6.07, 6.45) is 0.354. The Morgan fingerprint density at radius 3 is 2.52 bits per heavy atom. The molecule has 0 saturated carbocycles. The van der Waals surface area contributed by atoms with Crippen LogP contribution in [-0.4, -0.2) is 48.6 Å². The van der Waals surface area contributed by atoms with E-state index >= 15 is 0 Å². The van der Waals surface area contributed by atoms with E-state index < -0.39 is 0 Å². The molecule has 0 spiro atoms. The number of hydrogen-bond acceptors (Lipinski definition) is 5. The number of aromatic nitrogens is 1. The summed E-state index contributed by atoms with van der Waals surface area (Å²) in [5.74, 6) is 1.56. The largest absolute Gasteiger partial charge is 0.493 e. The average molecular weight is 386 g/mol. The molecule has 0 aliphatic carbocycles. The number of nitrogens with zero attached hydrogens (tertiary/aromatic N) is 4. The van der Waals surface area contributed by atoms with Gasteiger partial charge in [0.2, 0.25) is 5.91 Å². The van der Waals surface area contributed by atoms with Crippen molar-refractivity contribution in [1.29, 1.82) is 5.26 Å². The number of fused-ring (bicyclic) bond motifs is 1. The van der Waals surface area contributed by atoms with E-state index in [1.54, 1.807) is 0 Å². The molecule has 1 aliphatic heterocycles. The van der Waals surface area contributed by atoms with Crippen LogP contribution in [0.2, 0.25) is 0 Å². The molecule has 6 heteroatoms. The molecule has 2 heterocycles. The number of para-hydroxylation sites is 2. The number of amides is 1. The van der Waals surface area contributed by atoms with Gasteiger partial charge >= 0.3 is 0 Å². The van der Waals surface area contributed by atoms with E-state index in [2.05, 4.69) is 11.0 Å². The highest BCUT2D eigenvalue weighted by atomic mass is 16.5. The van der Waals surface area contributed by atoms with Crippen molar-refractivity contribution >= 4 is 22.6 Å². The summed E-state index contributed by atoms with van der Waals surface area (Å²) in [6.45, 7) is 2.91. The van der Waals surface area contributed by atoms with E-state index in [1.165, 1.54) is 0 Å². The average Bonchev–Trinajstić information content (AvgIpc) is 2.79. The highest BCUT2D eigenvalue weighted by Gasteiger charge is 2.23. The molecule has 0 atom stereocenters. The smallest absolute Gasteiger partial charge is 0.226 e. The highest BCUT2D eigenvalue weighted by Crippen LogP contribution is 2.24. The van der Waals surface area contributed by atoms with Crippen molar-refractivity contribution in [2.45, 2.75) is 6.42 Å². The van der Waals surface area contributed by atoms with Gasteiger partial charge in [0, 0.05) is 31.6 Å². The summed E-state index contributed by atoms with van der Waals surface area (Å²) >= 11 is 0. The van der Waals surface area contributed by atoms with Gasteiger partial charge in [0.25, 0.3) is 0 Å². The molecule has 3 aromatic rings. The van der Waals surface area contributed by atoms with Crippen molar-refractivity contribution in [2.75, 3.05) is 37.7 Å². The van der Waals surface area contributed by atoms with Crippen molar-refractivity contribution in [2.24, 2.45) is 0 Å². The lowest BCUT2D eigenvalue weighted by atomic mass is 10.1.